The Morgan fingerprint density at radius 1 is 1.12 bits per heavy atom. The van der Waals surface area contributed by atoms with E-state index in [0.717, 1.165) is 36.1 Å². The summed E-state index contributed by atoms with van der Waals surface area (Å²) in [6, 6.07) is 18.2. The molecule has 1 saturated heterocycles. The van der Waals surface area contributed by atoms with Crippen molar-refractivity contribution >= 4 is 17.5 Å². The number of halogens is 1. The quantitative estimate of drug-likeness (QED) is 0.269. The molecular formula is C32H32FN7O. The Kier molecular flexibility index (Phi) is 7.72. The second-order valence-corrected chi connectivity index (χ2v) is 10.9. The number of likely N-dealkylation sites (tertiary alicyclic amines) is 1. The number of nitrogens with zero attached hydrogens (tertiary/aromatic N) is 6. The molecule has 2 aromatic carbocycles. The van der Waals surface area contributed by atoms with Gasteiger partial charge in [0.2, 0.25) is 5.95 Å². The molecule has 4 aromatic rings. The summed E-state index contributed by atoms with van der Waals surface area (Å²) in [6.45, 7) is 1.20. The molecule has 2 fully saturated rings. The highest BCUT2D eigenvalue weighted by atomic mass is 19.1. The Bertz CT molecular complexity index is 1570. The molecule has 1 amide bonds. The topological polar surface area (TPSA) is 99.7 Å². The molecule has 1 aliphatic heterocycles. The molecule has 2 atom stereocenters. The number of anilines is 2. The van der Waals surface area contributed by atoms with E-state index in [2.05, 4.69) is 21.5 Å². The van der Waals surface area contributed by atoms with Crippen molar-refractivity contribution < 1.29 is 9.18 Å². The number of rotatable bonds is 8. The van der Waals surface area contributed by atoms with E-state index in [1.807, 2.05) is 40.0 Å². The highest BCUT2D eigenvalue weighted by molar-refractivity contribution is 5.95. The van der Waals surface area contributed by atoms with Gasteiger partial charge in [-0.1, -0.05) is 31.0 Å². The van der Waals surface area contributed by atoms with Gasteiger partial charge in [-0.3, -0.25) is 9.48 Å². The van der Waals surface area contributed by atoms with E-state index in [1.165, 1.54) is 18.9 Å². The summed E-state index contributed by atoms with van der Waals surface area (Å²) >= 11 is 0. The van der Waals surface area contributed by atoms with Gasteiger partial charge in [-0.25, -0.2) is 14.4 Å². The average Bonchev–Trinajstić information content (AvgIpc) is 3.79. The van der Waals surface area contributed by atoms with E-state index < -0.39 is 0 Å². The molecule has 0 spiro atoms. The average molecular weight is 550 g/mol. The standard InChI is InChI=1S/C32H32FN7O/c33-27-9-3-7-23(17-27)25-13-16-39(20-25)31(41)24-8-4-10-28(18-24)37-32-35-15-12-29(38-32)26-19-36-40(21-26)30(11-14-34)22-5-1-2-6-22/h3-4,7-10,12,15,17-19,21-22,25,30H,1-2,5-6,11,13,16,20H2,(H,35,37,38). The predicted octanol–water partition coefficient (Wildman–Crippen LogP) is 6.50. The fourth-order valence-corrected chi connectivity index (χ4v) is 6.16. The van der Waals surface area contributed by atoms with Gasteiger partial charge >= 0.3 is 0 Å². The number of benzene rings is 2. The molecule has 41 heavy (non-hydrogen) atoms. The molecule has 1 saturated carbocycles. The molecule has 3 heterocycles. The molecule has 2 unspecified atom stereocenters. The highest BCUT2D eigenvalue weighted by Crippen LogP contribution is 2.36. The van der Waals surface area contributed by atoms with Crippen molar-refractivity contribution in [1.82, 2.24) is 24.6 Å². The number of amides is 1. The van der Waals surface area contributed by atoms with Gasteiger partial charge in [-0.15, -0.1) is 0 Å². The number of nitrogens with one attached hydrogen (secondary N) is 1. The van der Waals surface area contributed by atoms with Crippen LogP contribution in [0.15, 0.2) is 73.2 Å². The van der Waals surface area contributed by atoms with Crippen molar-refractivity contribution in [2.45, 2.75) is 50.5 Å². The number of carbonyl (C=O) groups excluding carboxylic acids is 1. The van der Waals surface area contributed by atoms with E-state index in [4.69, 9.17) is 4.98 Å². The molecule has 0 radical (unpaired) electrons. The molecule has 0 bridgehead atoms. The minimum atomic E-state index is -0.251. The number of aromatic nitrogens is 4. The van der Waals surface area contributed by atoms with Gasteiger partial charge in [0, 0.05) is 48.2 Å². The van der Waals surface area contributed by atoms with Gasteiger partial charge < -0.3 is 10.2 Å². The third-order valence-corrected chi connectivity index (χ3v) is 8.30. The molecule has 1 aliphatic carbocycles. The van der Waals surface area contributed by atoms with Crippen LogP contribution < -0.4 is 5.32 Å². The lowest BCUT2D eigenvalue weighted by atomic mass is 9.96. The monoisotopic (exact) mass is 549 g/mol. The Balaban J connectivity index is 1.14. The van der Waals surface area contributed by atoms with Crippen molar-refractivity contribution in [3.63, 3.8) is 0 Å². The third kappa shape index (κ3) is 5.97. The van der Waals surface area contributed by atoms with Crippen molar-refractivity contribution in [3.8, 4) is 17.3 Å². The minimum absolute atomic E-state index is 0.0520. The second kappa shape index (κ2) is 11.9. The van der Waals surface area contributed by atoms with Crippen LogP contribution in [0.2, 0.25) is 0 Å². The summed E-state index contributed by atoms with van der Waals surface area (Å²) in [5, 5.41) is 17.2. The Morgan fingerprint density at radius 3 is 2.80 bits per heavy atom. The van der Waals surface area contributed by atoms with Gasteiger partial charge in [0.15, 0.2) is 0 Å². The summed E-state index contributed by atoms with van der Waals surface area (Å²) in [5.74, 6) is 0.719. The predicted molar refractivity (Wildman–Crippen MR) is 154 cm³/mol. The lowest BCUT2D eigenvalue weighted by molar-refractivity contribution is 0.0791. The van der Waals surface area contributed by atoms with E-state index in [9.17, 15) is 14.4 Å². The number of hydrogen-bond donors (Lipinski definition) is 1. The molecule has 1 N–H and O–H groups in total. The lowest BCUT2D eigenvalue weighted by Gasteiger charge is -2.21. The fourth-order valence-electron chi connectivity index (χ4n) is 6.16. The number of nitriles is 1. The number of carbonyl (C=O) groups is 1. The van der Waals surface area contributed by atoms with Crippen LogP contribution in [0.1, 0.15) is 66.4 Å². The fraction of sp³-hybridized carbons (Fsp3) is 0.344. The Morgan fingerprint density at radius 2 is 1.98 bits per heavy atom. The summed E-state index contributed by atoms with van der Waals surface area (Å²) < 4.78 is 15.6. The molecule has 2 aliphatic rings. The maximum Gasteiger partial charge on any atom is 0.253 e. The molecule has 6 rings (SSSR count). The molecule has 2 aromatic heterocycles. The first-order chi connectivity index (χ1) is 20.1. The SMILES string of the molecule is N#CCC(C1CCCC1)n1cc(-c2ccnc(Nc3cccc(C(=O)N4CCC(c5cccc(F)c5)C4)c3)n2)cn1. The van der Waals surface area contributed by atoms with Crippen LogP contribution in [-0.4, -0.2) is 43.6 Å². The summed E-state index contributed by atoms with van der Waals surface area (Å²) in [7, 11) is 0. The Hall–Kier alpha value is -4.58. The van der Waals surface area contributed by atoms with Gasteiger partial charge in [0.05, 0.1) is 30.4 Å². The molecule has 208 valence electrons. The van der Waals surface area contributed by atoms with Gasteiger partial charge in [0.25, 0.3) is 5.91 Å². The summed E-state index contributed by atoms with van der Waals surface area (Å²) in [4.78, 5) is 24.2. The zero-order chi connectivity index (χ0) is 28.2. The van der Waals surface area contributed by atoms with E-state index in [0.29, 0.717) is 42.6 Å². The van der Waals surface area contributed by atoms with Crippen LogP contribution in [0.3, 0.4) is 0 Å². The van der Waals surface area contributed by atoms with Crippen molar-refractivity contribution in [3.05, 3.63) is 90.1 Å². The van der Waals surface area contributed by atoms with E-state index in [-0.39, 0.29) is 23.7 Å². The van der Waals surface area contributed by atoms with Crippen molar-refractivity contribution in [2.75, 3.05) is 18.4 Å². The first kappa shape index (κ1) is 26.6. The summed E-state index contributed by atoms with van der Waals surface area (Å²) in [6.07, 6.45) is 11.4. The van der Waals surface area contributed by atoms with Crippen molar-refractivity contribution in [2.24, 2.45) is 5.92 Å². The maximum absolute atomic E-state index is 13.7. The molecule has 9 heteroatoms. The van der Waals surface area contributed by atoms with Crippen molar-refractivity contribution in [1.29, 1.82) is 5.26 Å². The zero-order valence-corrected chi connectivity index (χ0v) is 22.8. The van der Waals surface area contributed by atoms with Gasteiger partial charge in [-0.2, -0.15) is 10.4 Å². The molecular weight excluding hydrogens is 517 g/mol. The van der Waals surface area contributed by atoms with Crippen LogP contribution in [0.25, 0.3) is 11.3 Å². The Labute approximate surface area is 238 Å². The second-order valence-electron chi connectivity index (χ2n) is 10.9. The van der Waals surface area contributed by atoms with E-state index in [1.54, 1.807) is 36.7 Å². The zero-order valence-electron chi connectivity index (χ0n) is 22.8. The first-order valence-electron chi connectivity index (χ1n) is 14.2. The normalized spacial score (nSPS) is 17.9. The first-order valence-corrected chi connectivity index (χ1v) is 14.2. The maximum atomic E-state index is 13.7. The van der Waals surface area contributed by atoms with Crippen LogP contribution >= 0.6 is 0 Å². The van der Waals surface area contributed by atoms with Gasteiger partial charge in [-0.05, 0) is 67.1 Å². The minimum Gasteiger partial charge on any atom is -0.338 e. The van der Waals surface area contributed by atoms with Crippen LogP contribution in [0.4, 0.5) is 16.0 Å². The van der Waals surface area contributed by atoms with Crippen LogP contribution in [-0.2, 0) is 0 Å². The highest BCUT2D eigenvalue weighted by Gasteiger charge is 2.29. The van der Waals surface area contributed by atoms with Gasteiger partial charge in [0.1, 0.15) is 5.82 Å². The third-order valence-electron chi connectivity index (χ3n) is 8.30. The molecule has 8 nitrogen and oxygen atoms in total. The number of hydrogen-bond acceptors (Lipinski definition) is 6. The summed E-state index contributed by atoms with van der Waals surface area (Å²) in [5.41, 5.74) is 3.80. The lowest BCUT2D eigenvalue weighted by Crippen LogP contribution is -2.28. The van der Waals surface area contributed by atoms with E-state index >= 15 is 0 Å². The largest absolute Gasteiger partial charge is 0.338 e. The smallest absolute Gasteiger partial charge is 0.253 e. The van der Waals surface area contributed by atoms with Crippen LogP contribution in [0.5, 0.6) is 0 Å². The van der Waals surface area contributed by atoms with Crippen LogP contribution in [0, 0.1) is 23.1 Å².